The van der Waals surface area contributed by atoms with E-state index in [1.807, 2.05) is 0 Å². The van der Waals surface area contributed by atoms with E-state index in [4.69, 9.17) is 0 Å². The minimum Gasteiger partial charge on any atom is -0.295 e. The molecule has 1 fully saturated rings. The molecule has 0 radical (unpaired) electrons. The fourth-order valence-electron chi connectivity index (χ4n) is 1.63. The number of amides is 2. The van der Waals surface area contributed by atoms with Gasteiger partial charge in [0.2, 0.25) is 11.8 Å². The predicted molar refractivity (Wildman–Crippen MR) is 59.7 cm³/mol. The average molecular weight is 234 g/mol. The van der Waals surface area contributed by atoms with Gasteiger partial charge in [0.05, 0.1) is 18.6 Å². The molecule has 0 spiro atoms. The zero-order valence-electron chi connectivity index (χ0n) is 9.80. The fourth-order valence-corrected chi connectivity index (χ4v) is 1.63. The van der Waals surface area contributed by atoms with Crippen LogP contribution < -0.4 is 5.32 Å². The van der Waals surface area contributed by atoms with Crippen LogP contribution in [0, 0.1) is 0 Å². The highest BCUT2D eigenvalue weighted by Gasteiger charge is 2.39. The van der Waals surface area contributed by atoms with Crippen LogP contribution >= 0.6 is 0 Å². The van der Waals surface area contributed by atoms with Crippen LogP contribution in [-0.4, -0.2) is 38.8 Å². The van der Waals surface area contributed by atoms with Crippen molar-refractivity contribution in [3.05, 3.63) is 24.3 Å². The topological polar surface area (TPSA) is 75.2 Å². The van der Waals surface area contributed by atoms with E-state index in [2.05, 4.69) is 15.3 Å². The summed E-state index contributed by atoms with van der Waals surface area (Å²) in [5, 5.41) is 2.89. The maximum atomic E-state index is 12.0. The van der Waals surface area contributed by atoms with Gasteiger partial charge >= 0.3 is 0 Å². The molecule has 6 nitrogen and oxygen atoms in total. The van der Waals surface area contributed by atoms with Crippen molar-refractivity contribution in [2.45, 2.75) is 25.9 Å². The number of nitrogens with one attached hydrogen (secondary N) is 1. The molecule has 1 aromatic heterocycles. The SMILES string of the molecule is CC1(C)NCC(=O)N(Cc2ncccn2)C1=O. The lowest BCUT2D eigenvalue weighted by molar-refractivity contribution is -0.153. The van der Waals surface area contributed by atoms with E-state index < -0.39 is 5.54 Å². The third-order valence-corrected chi connectivity index (χ3v) is 2.68. The molecule has 1 aliphatic rings. The second-order valence-corrected chi connectivity index (χ2v) is 4.43. The first-order chi connectivity index (χ1) is 8.00. The molecule has 6 heteroatoms. The first-order valence-electron chi connectivity index (χ1n) is 5.36. The van der Waals surface area contributed by atoms with Gasteiger partial charge in [0.1, 0.15) is 5.82 Å². The monoisotopic (exact) mass is 234 g/mol. The molecule has 2 heterocycles. The van der Waals surface area contributed by atoms with E-state index >= 15 is 0 Å². The first-order valence-corrected chi connectivity index (χ1v) is 5.36. The summed E-state index contributed by atoms with van der Waals surface area (Å²) in [6, 6.07) is 1.69. The number of hydrogen-bond donors (Lipinski definition) is 1. The molecule has 0 saturated carbocycles. The molecule has 0 aliphatic carbocycles. The Morgan fingerprint density at radius 3 is 2.65 bits per heavy atom. The van der Waals surface area contributed by atoms with Crippen molar-refractivity contribution in [2.24, 2.45) is 0 Å². The van der Waals surface area contributed by atoms with E-state index in [9.17, 15) is 9.59 Å². The maximum absolute atomic E-state index is 12.0. The third kappa shape index (κ3) is 2.31. The maximum Gasteiger partial charge on any atom is 0.249 e. The Morgan fingerprint density at radius 1 is 1.35 bits per heavy atom. The van der Waals surface area contributed by atoms with Crippen LogP contribution in [0.4, 0.5) is 0 Å². The fraction of sp³-hybridized carbons (Fsp3) is 0.455. The van der Waals surface area contributed by atoms with Crippen molar-refractivity contribution >= 4 is 11.8 Å². The average Bonchev–Trinajstić information content (AvgIpc) is 2.32. The molecule has 0 bridgehead atoms. The van der Waals surface area contributed by atoms with Crippen LogP contribution in [-0.2, 0) is 16.1 Å². The van der Waals surface area contributed by atoms with Gasteiger partial charge < -0.3 is 0 Å². The van der Waals surface area contributed by atoms with E-state index in [0.717, 1.165) is 0 Å². The molecule has 2 rings (SSSR count). The lowest BCUT2D eigenvalue weighted by Gasteiger charge is -2.36. The van der Waals surface area contributed by atoms with Gasteiger partial charge in [-0.2, -0.15) is 0 Å². The standard InChI is InChI=1S/C11H14N4O2/c1-11(2)10(17)15(9(16)6-14-11)7-8-12-4-3-5-13-8/h3-5,14H,6-7H2,1-2H3. The minimum atomic E-state index is -0.720. The number of carbonyl (C=O) groups excluding carboxylic acids is 2. The van der Waals surface area contributed by atoms with Crippen molar-refractivity contribution in [1.29, 1.82) is 0 Å². The zero-order valence-corrected chi connectivity index (χ0v) is 9.80. The molecule has 1 N–H and O–H groups in total. The smallest absolute Gasteiger partial charge is 0.249 e. The van der Waals surface area contributed by atoms with Gasteiger partial charge in [-0.1, -0.05) is 0 Å². The molecular formula is C11H14N4O2. The van der Waals surface area contributed by atoms with Crippen molar-refractivity contribution in [3.8, 4) is 0 Å². The molecule has 1 aliphatic heterocycles. The highest BCUT2D eigenvalue weighted by molar-refractivity contribution is 6.02. The summed E-state index contributed by atoms with van der Waals surface area (Å²) in [7, 11) is 0. The van der Waals surface area contributed by atoms with Gasteiger partial charge in [-0.15, -0.1) is 0 Å². The van der Waals surface area contributed by atoms with Crippen LogP contribution in [0.5, 0.6) is 0 Å². The Morgan fingerprint density at radius 2 is 2.00 bits per heavy atom. The quantitative estimate of drug-likeness (QED) is 0.712. The normalized spacial score (nSPS) is 19.5. The molecule has 17 heavy (non-hydrogen) atoms. The Bertz CT molecular complexity index is 444. The van der Waals surface area contributed by atoms with Gasteiger partial charge in [-0.3, -0.25) is 19.8 Å². The van der Waals surface area contributed by atoms with Crippen LogP contribution in [0.3, 0.4) is 0 Å². The second kappa shape index (κ2) is 4.21. The Hall–Kier alpha value is -1.82. The summed E-state index contributed by atoms with van der Waals surface area (Å²) in [5.74, 6) is -0.0325. The molecule has 1 aromatic rings. The zero-order chi connectivity index (χ0) is 12.5. The van der Waals surface area contributed by atoms with E-state index in [1.165, 1.54) is 4.90 Å². The number of imide groups is 1. The second-order valence-electron chi connectivity index (χ2n) is 4.43. The van der Waals surface area contributed by atoms with Crippen LogP contribution in [0.25, 0.3) is 0 Å². The predicted octanol–water partition coefficient (Wildman–Crippen LogP) is -0.286. The molecular weight excluding hydrogens is 220 g/mol. The molecule has 2 amide bonds. The summed E-state index contributed by atoms with van der Waals surface area (Å²) in [5.41, 5.74) is -0.720. The molecule has 0 aromatic carbocycles. The Kier molecular flexibility index (Phi) is 2.89. The van der Waals surface area contributed by atoms with Gasteiger partial charge in [-0.25, -0.2) is 9.97 Å². The molecule has 1 saturated heterocycles. The molecule has 90 valence electrons. The Labute approximate surface area is 99.1 Å². The van der Waals surface area contributed by atoms with Crippen molar-refractivity contribution < 1.29 is 9.59 Å². The summed E-state index contributed by atoms with van der Waals surface area (Å²) < 4.78 is 0. The number of rotatable bonds is 2. The highest BCUT2D eigenvalue weighted by atomic mass is 16.2. The van der Waals surface area contributed by atoms with Gasteiger partial charge in [-0.05, 0) is 19.9 Å². The lowest BCUT2D eigenvalue weighted by atomic mass is 10.0. The number of hydrogen-bond acceptors (Lipinski definition) is 5. The number of nitrogens with zero attached hydrogens (tertiary/aromatic N) is 3. The summed E-state index contributed by atoms with van der Waals surface area (Å²) in [6.07, 6.45) is 3.18. The van der Waals surface area contributed by atoms with E-state index in [0.29, 0.717) is 5.82 Å². The molecule has 0 unspecified atom stereocenters. The summed E-state index contributed by atoms with van der Waals surface area (Å²) >= 11 is 0. The highest BCUT2D eigenvalue weighted by Crippen LogP contribution is 2.14. The third-order valence-electron chi connectivity index (χ3n) is 2.68. The van der Waals surface area contributed by atoms with E-state index in [-0.39, 0.29) is 24.9 Å². The largest absolute Gasteiger partial charge is 0.295 e. The first kappa shape index (κ1) is 11.7. The molecule has 0 atom stereocenters. The van der Waals surface area contributed by atoms with Crippen LogP contribution in [0.1, 0.15) is 19.7 Å². The van der Waals surface area contributed by atoms with Gasteiger partial charge in [0.25, 0.3) is 0 Å². The van der Waals surface area contributed by atoms with Crippen molar-refractivity contribution in [3.63, 3.8) is 0 Å². The van der Waals surface area contributed by atoms with Gasteiger partial charge in [0, 0.05) is 12.4 Å². The van der Waals surface area contributed by atoms with Crippen molar-refractivity contribution in [2.75, 3.05) is 6.54 Å². The number of carbonyl (C=O) groups is 2. The van der Waals surface area contributed by atoms with Crippen LogP contribution in [0.15, 0.2) is 18.5 Å². The van der Waals surface area contributed by atoms with Gasteiger partial charge in [0.15, 0.2) is 0 Å². The summed E-state index contributed by atoms with van der Waals surface area (Å²) in [6.45, 7) is 3.79. The minimum absolute atomic E-state index is 0.129. The Balaban J connectivity index is 2.19. The van der Waals surface area contributed by atoms with Crippen molar-refractivity contribution in [1.82, 2.24) is 20.2 Å². The number of aromatic nitrogens is 2. The lowest BCUT2D eigenvalue weighted by Crippen LogP contribution is -2.63. The number of piperazine rings is 1. The summed E-state index contributed by atoms with van der Waals surface area (Å²) in [4.78, 5) is 33.0. The van der Waals surface area contributed by atoms with E-state index in [1.54, 1.807) is 32.3 Å². The van der Waals surface area contributed by atoms with Crippen LogP contribution in [0.2, 0.25) is 0 Å².